The quantitative estimate of drug-likeness (QED) is 0.775. The predicted molar refractivity (Wildman–Crippen MR) is 58.2 cm³/mol. The van der Waals surface area contributed by atoms with Crippen LogP contribution in [0, 0.1) is 0 Å². The summed E-state index contributed by atoms with van der Waals surface area (Å²) in [7, 11) is 0. The lowest BCUT2D eigenvalue weighted by Gasteiger charge is -2.11. The van der Waals surface area contributed by atoms with Gasteiger partial charge in [-0.3, -0.25) is 4.79 Å². The van der Waals surface area contributed by atoms with Crippen LogP contribution in [0.2, 0.25) is 0 Å². The van der Waals surface area contributed by atoms with Crippen LogP contribution in [-0.2, 0) is 9.53 Å². The number of carbonyl (C=O) groups is 2. The van der Waals surface area contributed by atoms with Gasteiger partial charge in [-0.05, 0) is 25.5 Å². The Balaban J connectivity index is 2.43. The lowest BCUT2D eigenvalue weighted by Crippen LogP contribution is -2.16. The first kappa shape index (κ1) is 12.2. The molecule has 86 valence electrons. The van der Waals surface area contributed by atoms with Crippen molar-refractivity contribution in [3.8, 4) is 0 Å². The van der Waals surface area contributed by atoms with E-state index in [2.05, 4.69) is 0 Å². The Morgan fingerprint density at radius 2 is 1.94 bits per heavy atom. The van der Waals surface area contributed by atoms with Crippen LogP contribution in [0.4, 0.5) is 0 Å². The first-order valence-corrected chi connectivity index (χ1v) is 5.07. The molecule has 0 bridgehead atoms. The number of carbonyl (C=O) groups excluding carboxylic acids is 1. The van der Waals surface area contributed by atoms with E-state index in [1.807, 2.05) is 6.07 Å². The van der Waals surface area contributed by atoms with E-state index in [1.54, 1.807) is 31.2 Å². The van der Waals surface area contributed by atoms with Gasteiger partial charge in [-0.1, -0.05) is 18.2 Å². The molecule has 0 unspecified atom stereocenters. The average Bonchev–Trinajstić information content (AvgIpc) is 2.27. The molecule has 0 aromatic heterocycles. The summed E-state index contributed by atoms with van der Waals surface area (Å²) in [6, 6.07) is 8.63. The van der Waals surface area contributed by atoms with E-state index >= 15 is 0 Å². The second-order valence-corrected chi connectivity index (χ2v) is 3.51. The van der Waals surface area contributed by atoms with Crippen molar-refractivity contribution < 1.29 is 19.4 Å². The molecule has 0 fully saturated rings. The summed E-state index contributed by atoms with van der Waals surface area (Å²) in [5.74, 6) is -1.30. The highest BCUT2D eigenvalue weighted by Crippen LogP contribution is 2.07. The standard InChI is InChI=1S/C12H14O4/c1-9(7-8-11(13)14)16-12(15)10-5-3-2-4-6-10/h2-6,9H,7-8H2,1H3,(H,13,14)/t9-/m1/s1. The summed E-state index contributed by atoms with van der Waals surface area (Å²) in [6.45, 7) is 1.68. The van der Waals surface area contributed by atoms with Crippen LogP contribution in [0.15, 0.2) is 30.3 Å². The molecule has 1 N–H and O–H groups in total. The summed E-state index contributed by atoms with van der Waals surface area (Å²) < 4.78 is 5.08. The molecule has 0 heterocycles. The van der Waals surface area contributed by atoms with Crippen LogP contribution >= 0.6 is 0 Å². The number of hydrogen-bond donors (Lipinski definition) is 1. The van der Waals surface area contributed by atoms with Crippen LogP contribution < -0.4 is 0 Å². The minimum atomic E-state index is -0.886. The number of hydrogen-bond acceptors (Lipinski definition) is 3. The van der Waals surface area contributed by atoms with E-state index in [-0.39, 0.29) is 12.5 Å². The average molecular weight is 222 g/mol. The molecular weight excluding hydrogens is 208 g/mol. The van der Waals surface area contributed by atoms with Crippen molar-refractivity contribution in [1.82, 2.24) is 0 Å². The molecule has 16 heavy (non-hydrogen) atoms. The van der Waals surface area contributed by atoms with Crippen molar-refractivity contribution >= 4 is 11.9 Å². The van der Waals surface area contributed by atoms with Crippen molar-refractivity contribution in [1.29, 1.82) is 0 Å². The molecule has 1 aromatic rings. The minimum Gasteiger partial charge on any atom is -0.481 e. The summed E-state index contributed by atoms with van der Waals surface area (Å²) >= 11 is 0. The second kappa shape index (κ2) is 5.90. The SMILES string of the molecule is C[C@H](CCC(=O)O)OC(=O)c1ccccc1. The Hall–Kier alpha value is -1.84. The van der Waals surface area contributed by atoms with Gasteiger partial charge in [0.15, 0.2) is 0 Å². The predicted octanol–water partition coefficient (Wildman–Crippen LogP) is 2.10. The topological polar surface area (TPSA) is 63.6 Å². The molecule has 0 aliphatic heterocycles. The Morgan fingerprint density at radius 1 is 1.31 bits per heavy atom. The van der Waals surface area contributed by atoms with Gasteiger partial charge in [0.2, 0.25) is 0 Å². The normalized spacial score (nSPS) is 11.8. The molecule has 0 aliphatic carbocycles. The number of benzene rings is 1. The lowest BCUT2D eigenvalue weighted by molar-refractivity contribution is -0.137. The van der Waals surface area contributed by atoms with Gasteiger partial charge in [-0.15, -0.1) is 0 Å². The zero-order valence-electron chi connectivity index (χ0n) is 9.05. The molecule has 0 aliphatic rings. The molecule has 0 radical (unpaired) electrons. The molecule has 0 saturated heterocycles. The van der Waals surface area contributed by atoms with Crippen molar-refractivity contribution in [2.24, 2.45) is 0 Å². The Morgan fingerprint density at radius 3 is 2.50 bits per heavy atom. The van der Waals surface area contributed by atoms with E-state index in [0.717, 1.165) is 0 Å². The number of carboxylic acids is 1. The van der Waals surface area contributed by atoms with E-state index in [9.17, 15) is 9.59 Å². The van der Waals surface area contributed by atoms with Gasteiger partial charge in [0.25, 0.3) is 0 Å². The molecular formula is C12H14O4. The third-order valence-electron chi connectivity index (χ3n) is 2.08. The van der Waals surface area contributed by atoms with Crippen LogP contribution in [0.1, 0.15) is 30.1 Å². The molecule has 1 atom stereocenters. The smallest absolute Gasteiger partial charge is 0.338 e. The van der Waals surface area contributed by atoms with Gasteiger partial charge in [0.05, 0.1) is 11.7 Å². The summed E-state index contributed by atoms with van der Waals surface area (Å²) in [5, 5.41) is 8.47. The molecule has 0 amide bonds. The number of ether oxygens (including phenoxy) is 1. The number of esters is 1. The van der Waals surface area contributed by atoms with E-state index < -0.39 is 11.9 Å². The van der Waals surface area contributed by atoms with Crippen LogP contribution in [0.25, 0.3) is 0 Å². The van der Waals surface area contributed by atoms with Crippen molar-refractivity contribution in [2.45, 2.75) is 25.9 Å². The second-order valence-electron chi connectivity index (χ2n) is 3.51. The van der Waals surface area contributed by atoms with Crippen LogP contribution in [-0.4, -0.2) is 23.1 Å². The van der Waals surface area contributed by atoms with Crippen LogP contribution in [0.3, 0.4) is 0 Å². The number of aliphatic carboxylic acids is 1. The lowest BCUT2D eigenvalue weighted by atomic mass is 10.2. The highest BCUT2D eigenvalue weighted by atomic mass is 16.5. The zero-order chi connectivity index (χ0) is 12.0. The number of carboxylic acid groups (broad SMARTS) is 1. The molecule has 4 nitrogen and oxygen atoms in total. The monoisotopic (exact) mass is 222 g/mol. The van der Waals surface area contributed by atoms with Gasteiger partial charge in [0, 0.05) is 6.42 Å². The molecule has 0 saturated carbocycles. The van der Waals surface area contributed by atoms with Crippen molar-refractivity contribution in [3.05, 3.63) is 35.9 Å². The maximum Gasteiger partial charge on any atom is 0.338 e. The largest absolute Gasteiger partial charge is 0.481 e. The first-order valence-electron chi connectivity index (χ1n) is 5.07. The Labute approximate surface area is 93.9 Å². The van der Waals surface area contributed by atoms with E-state index in [0.29, 0.717) is 12.0 Å². The van der Waals surface area contributed by atoms with Gasteiger partial charge in [-0.25, -0.2) is 4.79 Å². The maximum absolute atomic E-state index is 11.5. The van der Waals surface area contributed by atoms with Gasteiger partial charge < -0.3 is 9.84 Å². The fraction of sp³-hybridized carbons (Fsp3) is 0.333. The summed E-state index contributed by atoms with van der Waals surface area (Å²) in [4.78, 5) is 21.8. The van der Waals surface area contributed by atoms with E-state index in [4.69, 9.17) is 9.84 Å². The summed E-state index contributed by atoms with van der Waals surface area (Å²) in [6.07, 6.45) is -0.0549. The van der Waals surface area contributed by atoms with Crippen molar-refractivity contribution in [2.75, 3.05) is 0 Å². The van der Waals surface area contributed by atoms with Gasteiger partial charge in [-0.2, -0.15) is 0 Å². The number of rotatable bonds is 5. The van der Waals surface area contributed by atoms with Gasteiger partial charge >= 0.3 is 11.9 Å². The zero-order valence-corrected chi connectivity index (χ0v) is 9.05. The Bertz CT molecular complexity index is 359. The Kier molecular flexibility index (Phi) is 4.51. The fourth-order valence-electron chi connectivity index (χ4n) is 1.21. The fourth-order valence-corrected chi connectivity index (χ4v) is 1.21. The minimum absolute atomic E-state index is 0.00321. The highest BCUT2D eigenvalue weighted by Gasteiger charge is 2.12. The third kappa shape index (κ3) is 4.13. The first-order chi connectivity index (χ1) is 7.59. The molecule has 0 spiro atoms. The molecule has 1 aromatic carbocycles. The van der Waals surface area contributed by atoms with Crippen molar-refractivity contribution in [3.63, 3.8) is 0 Å². The van der Waals surface area contributed by atoms with Gasteiger partial charge in [0.1, 0.15) is 0 Å². The summed E-state index contributed by atoms with van der Waals surface area (Å²) in [5.41, 5.74) is 0.477. The molecule has 4 heteroatoms. The van der Waals surface area contributed by atoms with E-state index in [1.165, 1.54) is 0 Å². The third-order valence-corrected chi connectivity index (χ3v) is 2.08. The maximum atomic E-state index is 11.5. The molecule has 1 rings (SSSR count). The van der Waals surface area contributed by atoms with Crippen LogP contribution in [0.5, 0.6) is 0 Å². The highest BCUT2D eigenvalue weighted by molar-refractivity contribution is 5.89.